The lowest BCUT2D eigenvalue weighted by Gasteiger charge is -2.25. The maximum Gasteiger partial charge on any atom is 0.232 e. The Morgan fingerprint density at radius 2 is 1.96 bits per heavy atom. The fraction of sp³-hybridized carbons (Fsp3) is 0.562. The molecule has 0 heterocycles. The fourth-order valence-electron chi connectivity index (χ4n) is 2.07. The molecule has 24 heavy (non-hydrogen) atoms. The summed E-state index contributed by atoms with van der Waals surface area (Å²) in [4.78, 5) is 11.8. The summed E-state index contributed by atoms with van der Waals surface area (Å²) >= 11 is 0. The largest absolute Gasteiger partial charge is 0.489 e. The first-order valence-corrected chi connectivity index (χ1v) is 9.59. The van der Waals surface area contributed by atoms with Gasteiger partial charge >= 0.3 is 0 Å². The first-order valence-electron chi connectivity index (χ1n) is 7.74. The Balaban J connectivity index is 2.90. The van der Waals surface area contributed by atoms with Crippen LogP contribution in [0.15, 0.2) is 24.3 Å². The normalized spacial score (nSPS) is 11.4. The zero-order valence-corrected chi connectivity index (χ0v) is 15.4. The molecule has 0 bridgehead atoms. The predicted octanol–water partition coefficient (Wildman–Crippen LogP) is 1.39. The van der Waals surface area contributed by atoms with Crippen LogP contribution in [0.4, 0.5) is 5.69 Å². The Morgan fingerprint density at radius 3 is 2.54 bits per heavy atom. The predicted molar refractivity (Wildman–Crippen MR) is 93.9 cm³/mol. The Bertz CT molecular complexity index is 631. The number of anilines is 1. The highest BCUT2D eigenvalue weighted by Gasteiger charge is 2.22. The first-order chi connectivity index (χ1) is 11.3. The van der Waals surface area contributed by atoms with Gasteiger partial charge in [0.15, 0.2) is 0 Å². The zero-order chi connectivity index (χ0) is 18.2. The number of benzene rings is 1. The van der Waals surface area contributed by atoms with E-state index in [4.69, 9.17) is 9.47 Å². The standard InChI is InChI=1S/C16H26N2O5S/c1-13(2)23-15-8-6-5-7-14(15)18(24(4,20)21)11-9-16(19)17-10-12-22-3/h5-8,13H,9-12H2,1-4H3,(H,17,19). The molecule has 1 aromatic carbocycles. The van der Waals surface area contributed by atoms with Crippen LogP contribution in [-0.2, 0) is 19.6 Å². The highest BCUT2D eigenvalue weighted by molar-refractivity contribution is 7.92. The number of nitrogens with one attached hydrogen (secondary N) is 1. The summed E-state index contributed by atoms with van der Waals surface area (Å²) in [6.45, 7) is 4.57. The second kappa shape index (κ2) is 9.48. The summed E-state index contributed by atoms with van der Waals surface area (Å²) in [5.74, 6) is 0.237. The van der Waals surface area contributed by atoms with Gasteiger partial charge in [0, 0.05) is 26.6 Å². The lowest BCUT2D eigenvalue weighted by atomic mass is 10.2. The second-order valence-electron chi connectivity index (χ2n) is 5.56. The van der Waals surface area contributed by atoms with E-state index in [2.05, 4.69) is 5.32 Å². The molecule has 8 heteroatoms. The van der Waals surface area contributed by atoms with Crippen molar-refractivity contribution in [3.05, 3.63) is 24.3 Å². The van der Waals surface area contributed by atoms with Gasteiger partial charge in [0.2, 0.25) is 15.9 Å². The van der Waals surface area contributed by atoms with Gasteiger partial charge in [-0.2, -0.15) is 0 Å². The molecule has 136 valence electrons. The highest BCUT2D eigenvalue weighted by Crippen LogP contribution is 2.30. The lowest BCUT2D eigenvalue weighted by Crippen LogP contribution is -2.35. The Hall–Kier alpha value is -1.80. The third kappa shape index (κ3) is 6.76. The van der Waals surface area contributed by atoms with Crippen molar-refractivity contribution in [2.24, 2.45) is 0 Å². The van der Waals surface area contributed by atoms with E-state index in [-0.39, 0.29) is 25.0 Å². The number of carbonyl (C=O) groups is 1. The summed E-state index contributed by atoms with van der Waals surface area (Å²) in [6, 6.07) is 6.90. The van der Waals surface area contributed by atoms with Crippen molar-refractivity contribution in [3.8, 4) is 5.75 Å². The van der Waals surface area contributed by atoms with Crippen LogP contribution in [0.2, 0.25) is 0 Å². The number of hydrogen-bond donors (Lipinski definition) is 1. The average molecular weight is 358 g/mol. The molecule has 0 aliphatic rings. The number of methoxy groups -OCH3 is 1. The molecule has 0 aromatic heterocycles. The van der Waals surface area contributed by atoms with Crippen molar-refractivity contribution in [1.29, 1.82) is 0 Å². The number of ether oxygens (including phenoxy) is 2. The van der Waals surface area contributed by atoms with Crippen molar-refractivity contribution in [1.82, 2.24) is 5.32 Å². The van der Waals surface area contributed by atoms with Crippen LogP contribution in [0.25, 0.3) is 0 Å². The van der Waals surface area contributed by atoms with Crippen molar-refractivity contribution >= 4 is 21.6 Å². The van der Waals surface area contributed by atoms with Gasteiger partial charge in [-0.15, -0.1) is 0 Å². The second-order valence-corrected chi connectivity index (χ2v) is 7.47. The third-order valence-electron chi connectivity index (χ3n) is 3.07. The molecule has 0 fully saturated rings. The van der Waals surface area contributed by atoms with Gasteiger partial charge in [-0.3, -0.25) is 9.10 Å². The molecule has 1 amide bonds. The number of carbonyl (C=O) groups excluding carboxylic acids is 1. The van der Waals surface area contributed by atoms with Crippen LogP contribution >= 0.6 is 0 Å². The Morgan fingerprint density at radius 1 is 1.29 bits per heavy atom. The molecule has 0 saturated heterocycles. The van der Waals surface area contributed by atoms with E-state index in [9.17, 15) is 13.2 Å². The average Bonchev–Trinajstić information content (AvgIpc) is 2.47. The zero-order valence-electron chi connectivity index (χ0n) is 14.6. The molecule has 0 aliphatic heterocycles. The molecular formula is C16H26N2O5S. The van der Waals surface area contributed by atoms with E-state index in [0.29, 0.717) is 24.6 Å². The topological polar surface area (TPSA) is 84.9 Å². The summed E-state index contributed by atoms with van der Waals surface area (Å²) in [5.41, 5.74) is 0.429. The molecule has 0 spiro atoms. The van der Waals surface area contributed by atoms with Gasteiger partial charge in [0.1, 0.15) is 5.75 Å². The molecule has 1 N–H and O–H groups in total. The monoisotopic (exact) mass is 358 g/mol. The van der Waals surface area contributed by atoms with Gasteiger partial charge in [-0.25, -0.2) is 8.42 Å². The molecule has 7 nitrogen and oxygen atoms in total. The van der Waals surface area contributed by atoms with Crippen molar-refractivity contribution in [3.63, 3.8) is 0 Å². The van der Waals surface area contributed by atoms with Crippen LogP contribution in [0, 0.1) is 0 Å². The smallest absolute Gasteiger partial charge is 0.232 e. The molecule has 1 aromatic rings. The summed E-state index contributed by atoms with van der Waals surface area (Å²) in [5, 5.41) is 2.67. The first kappa shape index (κ1) is 20.2. The van der Waals surface area contributed by atoms with E-state index >= 15 is 0 Å². The van der Waals surface area contributed by atoms with Gasteiger partial charge in [0.25, 0.3) is 0 Å². The molecule has 1 rings (SSSR count). The number of nitrogens with zero attached hydrogens (tertiary/aromatic N) is 1. The van der Waals surface area contributed by atoms with Crippen molar-refractivity contribution in [2.75, 3.05) is 37.4 Å². The quantitative estimate of drug-likeness (QED) is 0.639. The molecule has 0 unspecified atom stereocenters. The van der Waals surface area contributed by atoms with Crippen LogP contribution in [-0.4, -0.2) is 53.5 Å². The number of para-hydroxylation sites is 2. The van der Waals surface area contributed by atoms with E-state index in [1.807, 2.05) is 13.8 Å². The third-order valence-corrected chi connectivity index (χ3v) is 4.25. The SMILES string of the molecule is COCCNC(=O)CCN(c1ccccc1OC(C)C)S(C)(=O)=O. The summed E-state index contributed by atoms with van der Waals surface area (Å²) < 4.78 is 36.1. The van der Waals surface area contributed by atoms with E-state index in [0.717, 1.165) is 6.26 Å². The van der Waals surface area contributed by atoms with Gasteiger partial charge < -0.3 is 14.8 Å². The van der Waals surface area contributed by atoms with Crippen molar-refractivity contribution < 1.29 is 22.7 Å². The van der Waals surface area contributed by atoms with Crippen LogP contribution in [0.1, 0.15) is 20.3 Å². The van der Waals surface area contributed by atoms with Crippen LogP contribution in [0.3, 0.4) is 0 Å². The number of sulfonamides is 1. The van der Waals surface area contributed by atoms with E-state index in [1.54, 1.807) is 31.4 Å². The van der Waals surface area contributed by atoms with Gasteiger partial charge in [0.05, 0.1) is 24.7 Å². The van der Waals surface area contributed by atoms with Crippen molar-refractivity contribution in [2.45, 2.75) is 26.4 Å². The van der Waals surface area contributed by atoms with Gasteiger partial charge in [-0.1, -0.05) is 12.1 Å². The molecule has 0 radical (unpaired) electrons. The lowest BCUT2D eigenvalue weighted by molar-refractivity contribution is -0.121. The minimum atomic E-state index is -3.55. The van der Waals surface area contributed by atoms with E-state index in [1.165, 1.54) is 4.31 Å². The molecule has 0 aliphatic carbocycles. The molecule has 0 atom stereocenters. The Kier molecular flexibility index (Phi) is 8.00. The Labute approximate surface area is 144 Å². The van der Waals surface area contributed by atoms with E-state index < -0.39 is 10.0 Å². The highest BCUT2D eigenvalue weighted by atomic mass is 32.2. The number of hydrogen-bond acceptors (Lipinski definition) is 5. The molecular weight excluding hydrogens is 332 g/mol. The number of rotatable bonds is 10. The minimum Gasteiger partial charge on any atom is -0.489 e. The minimum absolute atomic E-state index is 0.0378. The van der Waals surface area contributed by atoms with Crippen LogP contribution < -0.4 is 14.4 Å². The summed E-state index contributed by atoms with van der Waals surface area (Å²) in [6.07, 6.45) is 1.07. The molecule has 0 saturated carbocycles. The fourth-order valence-corrected chi connectivity index (χ4v) is 3.00. The maximum atomic E-state index is 12.2. The van der Waals surface area contributed by atoms with Crippen LogP contribution in [0.5, 0.6) is 5.75 Å². The summed E-state index contributed by atoms with van der Waals surface area (Å²) in [7, 11) is -2.00. The van der Waals surface area contributed by atoms with Gasteiger partial charge in [-0.05, 0) is 26.0 Å². The maximum absolute atomic E-state index is 12.2. The number of amides is 1.